The van der Waals surface area contributed by atoms with Crippen LogP contribution in [0.3, 0.4) is 0 Å². The van der Waals surface area contributed by atoms with E-state index in [0.29, 0.717) is 6.04 Å². The molecule has 2 saturated carbocycles. The number of likely N-dealkylation sites (N-methyl/N-ethyl adjacent to an activating group) is 1. The first-order valence-electron chi connectivity index (χ1n) is 6.14. The maximum Gasteiger partial charge on any atom is 0.0246 e. The van der Waals surface area contributed by atoms with E-state index in [1.807, 2.05) is 0 Å². The predicted octanol–water partition coefficient (Wildman–Crippen LogP) is 1.84. The zero-order valence-corrected chi connectivity index (χ0v) is 9.58. The second-order valence-corrected chi connectivity index (χ2v) is 5.33. The highest BCUT2D eigenvalue weighted by molar-refractivity contribution is 4.90. The third kappa shape index (κ3) is 2.48. The van der Waals surface area contributed by atoms with E-state index in [1.54, 1.807) is 0 Å². The van der Waals surface area contributed by atoms with Crippen molar-refractivity contribution in [3.05, 3.63) is 0 Å². The Bertz CT molecular complexity index is 185. The molecule has 82 valence electrons. The molecule has 2 aliphatic carbocycles. The molecule has 0 heterocycles. The van der Waals surface area contributed by atoms with Gasteiger partial charge >= 0.3 is 0 Å². The van der Waals surface area contributed by atoms with E-state index in [1.165, 1.54) is 32.1 Å². The van der Waals surface area contributed by atoms with Crippen molar-refractivity contribution in [3.8, 4) is 0 Å². The Morgan fingerprint density at radius 3 is 2.36 bits per heavy atom. The lowest BCUT2D eigenvalue weighted by Gasteiger charge is -2.32. The number of nitrogens with zero attached hydrogens (tertiary/aromatic N) is 1. The summed E-state index contributed by atoms with van der Waals surface area (Å²) in [5, 5.41) is 0. The van der Waals surface area contributed by atoms with Crippen molar-refractivity contribution in [2.24, 2.45) is 17.6 Å². The summed E-state index contributed by atoms with van der Waals surface area (Å²) in [5.74, 6) is 1.94. The summed E-state index contributed by atoms with van der Waals surface area (Å²) in [6, 6.07) is 1.39. The van der Waals surface area contributed by atoms with Crippen molar-refractivity contribution in [2.45, 2.75) is 51.1 Å². The van der Waals surface area contributed by atoms with Gasteiger partial charge in [-0.1, -0.05) is 12.8 Å². The molecule has 2 atom stereocenters. The zero-order chi connectivity index (χ0) is 10.1. The van der Waals surface area contributed by atoms with E-state index in [4.69, 9.17) is 5.73 Å². The standard InChI is InChI=1S/C12H24N2/c1-9(7-10-3-4-10)14(2)12(8-13)11-5-6-11/h9-12H,3-8,13H2,1-2H3. The number of rotatable bonds is 6. The summed E-state index contributed by atoms with van der Waals surface area (Å²) in [6.07, 6.45) is 7.13. The molecule has 2 aliphatic rings. The average Bonchev–Trinajstić information content (AvgIpc) is 2.98. The van der Waals surface area contributed by atoms with Gasteiger partial charge in [0, 0.05) is 18.6 Å². The SMILES string of the molecule is CC(CC1CC1)N(C)C(CN)C1CC1. The minimum absolute atomic E-state index is 0.656. The number of hydrogen-bond donors (Lipinski definition) is 1. The van der Waals surface area contributed by atoms with Crippen LogP contribution in [0.5, 0.6) is 0 Å². The van der Waals surface area contributed by atoms with Gasteiger partial charge in [0.1, 0.15) is 0 Å². The van der Waals surface area contributed by atoms with Gasteiger partial charge in [0.25, 0.3) is 0 Å². The Morgan fingerprint density at radius 1 is 1.29 bits per heavy atom. The molecule has 0 saturated heterocycles. The zero-order valence-electron chi connectivity index (χ0n) is 9.58. The van der Waals surface area contributed by atoms with Gasteiger partial charge in [-0.05, 0) is 45.1 Å². The van der Waals surface area contributed by atoms with Crippen LogP contribution in [0, 0.1) is 11.8 Å². The van der Waals surface area contributed by atoms with E-state index in [0.717, 1.165) is 24.4 Å². The van der Waals surface area contributed by atoms with E-state index in [-0.39, 0.29) is 0 Å². The van der Waals surface area contributed by atoms with Gasteiger partial charge in [0.05, 0.1) is 0 Å². The first kappa shape index (κ1) is 10.4. The lowest BCUT2D eigenvalue weighted by Crippen LogP contribution is -2.44. The Kier molecular flexibility index (Phi) is 3.13. The van der Waals surface area contributed by atoms with E-state index in [2.05, 4.69) is 18.9 Å². The quantitative estimate of drug-likeness (QED) is 0.702. The maximum atomic E-state index is 5.86. The number of hydrogen-bond acceptors (Lipinski definition) is 2. The molecular formula is C12H24N2. The fourth-order valence-electron chi connectivity index (χ4n) is 2.50. The van der Waals surface area contributed by atoms with Gasteiger partial charge in [-0.15, -0.1) is 0 Å². The number of nitrogens with two attached hydrogens (primary N) is 1. The Hall–Kier alpha value is -0.0800. The van der Waals surface area contributed by atoms with E-state index >= 15 is 0 Å². The van der Waals surface area contributed by atoms with Crippen molar-refractivity contribution in [3.63, 3.8) is 0 Å². The minimum Gasteiger partial charge on any atom is -0.329 e. The molecule has 0 aromatic heterocycles. The summed E-state index contributed by atoms with van der Waals surface area (Å²) < 4.78 is 0. The lowest BCUT2D eigenvalue weighted by atomic mass is 10.1. The van der Waals surface area contributed by atoms with Gasteiger partial charge < -0.3 is 5.73 Å². The minimum atomic E-state index is 0.656. The van der Waals surface area contributed by atoms with Crippen LogP contribution in [0.1, 0.15) is 39.0 Å². The van der Waals surface area contributed by atoms with Crippen LogP contribution in [-0.2, 0) is 0 Å². The first-order valence-corrected chi connectivity index (χ1v) is 6.14. The first-order chi connectivity index (χ1) is 6.72. The molecule has 2 nitrogen and oxygen atoms in total. The van der Waals surface area contributed by atoms with Crippen LogP contribution in [0.15, 0.2) is 0 Å². The van der Waals surface area contributed by atoms with Crippen LogP contribution in [-0.4, -0.2) is 30.6 Å². The van der Waals surface area contributed by atoms with Crippen LogP contribution in [0.2, 0.25) is 0 Å². The van der Waals surface area contributed by atoms with Crippen LogP contribution >= 0.6 is 0 Å². The summed E-state index contributed by atoms with van der Waals surface area (Å²) >= 11 is 0. The third-order valence-corrected chi connectivity index (χ3v) is 4.00. The summed E-state index contributed by atoms with van der Waals surface area (Å²) in [4.78, 5) is 2.54. The topological polar surface area (TPSA) is 29.3 Å². The van der Waals surface area contributed by atoms with Crippen LogP contribution in [0.4, 0.5) is 0 Å². The Morgan fingerprint density at radius 2 is 1.93 bits per heavy atom. The molecule has 0 aliphatic heterocycles. The van der Waals surface area contributed by atoms with E-state index in [9.17, 15) is 0 Å². The van der Waals surface area contributed by atoms with Gasteiger partial charge in [-0.3, -0.25) is 4.90 Å². The summed E-state index contributed by atoms with van der Waals surface area (Å²) in [6.45, 7) is 3.21. The molecule has 2 fully saturated rings. The second kappa shape index (κ2) is 4.19. The van der Waals surface area contributed by atoms with Gasteiger partial charge in [0.15, 0.2) is 0 Å². The van der Waals surface area contributed by atoms with Gasteiger partial charge in [0.2, 0.25) is 0 Å². The second-order valence-electron chi connectivity index (χ2n) is 5.33. The third-order valence-electron chi connectivity index (χ3n) is 4.00. The fourth-order valence-corrected chi connectivity index (χ4v) is 2.50. The van der Waals surface area contributed by atoms with Crippen molar-refractivity contribution >= 4 is 0 Å². The molecule has 2 unspecified atom stereocenters. The molecule has 0 radical (unpaired) electrons. The lowest BCUT2D eigenvalue weighted by molar-refractivity contribution is 0.158. The van der Waals surface area contributed by atoms with E-state index < -0.39 is 0 Å². The molecule has 0 spiro atoms. The van der Waals surface area contributed by atoms with Gasteiger partial charge in [-0.25, -0.2) is 0 Å². The molecule has 14 heavy (non-hydrogen) atoms. The highest BCUT2D eigenvalue weighted by atomic mass is 15.2. The monoisotopic (exact) mass is 196 g/mol. The van der Waals surface area contributed by atoms with Gasteiger partial charge in [-0.2, -0.15) is 0 Å². The Balaban J connectivity index is 1.80. The van der Waals surface area contributed by atoms with Crippen molar-refractivity contribution in [1.29, 1.82) is 0 Å². The molecule has 2 heteroatoms. The van der Waals surface area contributed by atoms with Crippen LogP contribution in [0.25, 0.3) is 0 Å². The molecule has 0 amide bonds. The molecule has 0 aromatic rings. The molecule has 2 N–H and O–H groups in total. The molecular weight excluding hydrogens is 172 g/mol. The Labute approximate surface area is 87.8 Å². The van der Waals surface area contributed by atoms with Crippen LogP contribution < -0.4 is 5.73 Å². The largest absolute Gasteiger partial charge is 0.329 e. The summed E-state index contributed by atoms with van der Waals surface area (Å²) in [5.41, 5.74) is 5.86. The predicted molar refractivity (Wildman–Crippen MR) is 60.1 cm³/mol. The highest BCUT2D eigenvalue weighted by Crippen LogP contribution is 2.38. The van der Waals surface area contributed by atoms with Crippen molar-refractivity contribution < 1.29 is 0 Å². The molecule has 2 rings (SSSR count). The highest BCUT2D eigenvalue weighted by Gasteiger charge is 2.35. The average molecular weight is 196 g/mol. The van der Waals surface area contributed by atoms with Crippen molar-refractivity contribution in [1.82, 2.24) is 4.90 Å². The summed E-state index contributed by atoms with van der Waals surface area (Å²) in [7, 11) is 2.27. The van der Waals surface area contributed by atoms with Crippen molar-refractivity contribution in [2.75, 3.05) is 13.6 Å². The maximum absolute atomic E-state index is 5.86. The normalized spacial score (nSPS) is 26.6. The smallest absolute Gasteiger partial charge is 0.0246 e. The fraction of sp³-hybridized carbons (Fsp3) is 1.00. The molecule has 0 aromatic carbocycles. The molecule has 0 bridgehead atoms.